The lowest BCUT2D eigenvalue weighted by atomic mass is 10.0. The van der Waals surface area contributed by atoms with Crippen LogP contribution in [0.3, 0.4) is 0 Å². The van der Waals surface area contributed by atoms with E-state index in [0.29, 0.717) is 6.54 Å². The van der Waals surface area contributed by atoms with Crippen molar-refractivity contribution in [1.29, 1.82) is 0 Å². The van der Waals surface area contributed by atoms with Crippen LogP contribution in [0.4, 0.5) is 11.5 Å². The molecule has 0 atom stereocenters. The molecule has 0 amide bonds. The number of hydrogen-bond acceptors (Lipinski definition) is 7. The number of nitrogens with one attached hydrogen (secondary N) is 2. The summed E-state index contributed by atoms with van der Waals surface area (Å²) in [4.78, 5) is 7.55. The van der Waals surface area contributed by atoms with Crippen LogP contribution in [-0.4, -0.2) is 32.9 Å². The zero-order chi connectivity index (χ0) is 27.0. The Kier molecular flexibility index (Phi) is 8.48. The minimum absolute atomic E-state index is 0.667. The van der Waals surface area contributed by atoms with Gasteiger partial charge in [0.25, 0.3) is 0 Å². The van der Waals surface area contributed by atoms with Gasteiger partial charge < -0.3 is 29.7 Å². The first-order valence-electron chi connectivity index (χ1n) is 13.3. The first-order chi connectivity index (χ1) is 19.1. The third-order valence-electron chi connectivity index (χ3n) is 7.05. The van der Waals surface area contributed by atoms with E-state index >= 15 is 0 Å². The molecular weight excluding hydrogens is 488 g/mol. The molecule has 4 aromatic rings. The van der Waals surface area contributed by atoms with Gasteiger partial charge in [0.2, 0.25) is 0 Å². The molecule has 2 heterocycles. The average Bonchev–Trinajstić information content (AvgIpc) is 3.00. The summed E-state index contributed by atoms with van der Waals surface area (Å²) < 4.78 is 16.1. The van der Waals surface area contributed by atoms with Crippen molar-refractivity contribution in [2.24, 2.45) is 0 Å². The van der Waals surface area contributed by atoms with E-state index < -0.39 is 0 Å². The molecule has 0 bridgehead atoms. The van der Waals surface area contributed by atoms with E-state index in [4.69, 9.17) is 19.2 Å². The van der Waals surface area contributed by atoms with E-state index in [1.54, 1.807) is 21.3 Å². The molecule has 202 valence electrons. The van der Waals surface area contributed by atoms with Gasteiger partial charge in [-0.15, -0.1) is 0 Å². The predicted octanol–water partition coefficient (Wildman–Crippen LogP) is 5.57. The minimum Gasteiger partial charge on any atom is -0.497 e. The van der Waals surface area contributed by atoms with Crippen LogP contribution in [0.5, 0.6) is 17.2 Å². The number of ether oxygens (including phenoxy) is 3. The zero-order valence-corrected chi connectivity index (χ0v) is 22.9. The normalized spacial score (nSPS) is 12.4. The molecule has 1 aliphatic rings. The Balaban J connectivity index is 1.49. The number of benzene rings is 3. The number of aromatic nitrogens is 1. The van der Waals surface area contributed by atoms with Crippen LogP contribution in [-0.2, 0) is 32.6 Å². The molecule has 7 nitrogen and oxygen atoms in total. The SMILES string of the molecule is COc1ccc(CNc2nc3c(cc2N(Cc2ccc(OC)cc2)Cc2ccc(OC)cc2)CNCC3)cc1. The minimum atomic E-state index is 0.667. The number of pyridine rings is 1. The third kappa shape index (κ3) is 6.62. The van der Waals surface area contributed by atoms with Crippen LogP contribution in [0.1, 0.15) is 27.9 Å². The number of rotatable bonds is 11. The summed E-state index contributed by atoms with van der Waals surface area (Å²) in [6.45, 7) is 3.88. The fraction of sp³-hybridized carbons (Fsp3) is 0.281. The van der Waals surface area contributed by atoms with Crippen molar-refractivity contribution in [1.82, 2.24) is 10.3 Å². The molecule has 0 spiro atoms. The van der Waals surface area contributed by atoms with Crippen molar-refractivity contribution in [2.75, 3.05) is 38.1 Å². The summed E-state index contributed by atoms with van der Waals surface area (Å²) in [6, 6.07) is 27.0. The third-order valence-corrected chi connectivity index (χ3v) is 7.05. The molecule has 0 saturated carbocycles. The van der Waals surface area contributed by atoms with Gasteiger partial charge in [-0.25, -0.2) is 4.98 Å². The highest BCUT2D eigenvalue weighted by Gasteiger charge is 2.20. The highest BCUT2D eigenvalue weighted by Crippen LogP contribution is 2.32. The Labute approximate surface area is 230 Å². The molecule has 0 unspecified atom stereocenters. The number of fused-ring (bicyclic) bond motifs is 1. The van der Waals surface area contributed by atoms with Gasteiger partial charge in [0.1, 0.15) is 23.1 Å². The second-order valence-corrected chi connectivity index (χ2v) is 9.64. The lowest BCUT2D eigenvalue weighted by Crippen LogP contribution is -2.28. The number of anilines is 2. The summed E-state index contributed by atoms with van der Waals surface area (Å²) in [5.74, 6) is 3.45. The van der Waals surface area contributed by atoms with Crippen LogP contribution in [0.25, 0.3) is 0 Å². The van der Waals surface area contributed by atoms with E-state index in [0.717, 1.165) is 67.0 Å². The Morgan fingerprint density at radius 2 is 1.26 bits per heavy atom. The average molecular weight is 525 g/mol. The van der Waals surface area contributed by atoms with Gasteiger partial charge in [-0.1, -0.05) is 36.4 Å². The summed E-state index contributed by atoms with van der Waals surface area (Å²) >= 11 is 0. The fourth-order valence-electron chi connectivity index (χ4n) is 4.81. The topological polar surface area (TPSA) is 67.9 Å². The zero-order valence-electron chi connectivity index (χ0n) is 22.9. The van der Waals surface area contributed by atoms with Crippen molar-refractivity contribution in [2.45, 2.75) is 32.6 Å². The van der Waals surface area contributed by atoms with Crippen LogP contribution in [0.2, 0.25) is 0 Å². The Hall–Kier alpha value is -4.23. The maximum Gasteiger partial charge on any atom is 0.150 e. The first kappa shape index (κ1) is 26.4. The number of nitrogens with zero attached hydrogens (tertiary/aromatic N) is 2. The monoisotopic (exact) mass is 524 g/mol. The van der Waals surface area contributed by atoms with E-state index in [1.807, 2.05) is 36.4 Å². The van der Waals surface area contributed by atoms with E-state index in [2.05, 4.69) is 58.0 Å². The lowest BCUT2D eigenvalue weighted by molar-refractivity contribution is 0.414. The van der Waals surface area contributed by atoms with Crippen LogP contribution >= 0.6 is 0 Å². The largest absolute Gasteiger partial charge is 0.497 e. The standard InChI is InChI=1S/C32H36N4O3/c1-37-27-10-4-23(5-11-27)19-34-32-31(18-26-20-33-17-16-30(26)35-32)36(21-24-6-12-28(38-2)13-7-24)22-25-8-14-29(39-3)15-9-25/h4-15,18,33H,16-17,19-22H2,1-3H3,(H,34,35). The van der Waals surface area contributed by atoms with Gasteiger partial charge in [-0.05, 0) is 64.7 Å². The van der Waals surface area contributed by atoms with E-state index in [1.165, 1.54) is 22.3 Å². The second-order valence-electron chi connectivity index (χ2n) is 9.64. The van der Waals surface area contributed by atoms with Gasteiger partial charge in [-0.2, -0.15) is 0 Å². The van der Waals surface area contributed by atoms with E-state index in [9.17, 15) is 0 Å². The Morgan fingerprint density at radius 1 is 0.744 bits per heavy atom. The number of hydrogen-bond donors (Lipinski definition) is 2. The van der Waals surface area contributed by atoms with Crippen molar-refractivity contribution in [3.05, 3.63) is 107 Å². The van der Waals surface area contributed by atoms with Crippen LogP contribution < -0.4 is 29.7 Å². The van der Waals surface area contributed by atoms with Gasteiger partial charge in [0, 0.05) is 44.8 Å². The lowest BCUT2D eigenvalue weighted by Gasteiger charge is -2.30. The Morgan fingerprint density at radius 3 is 1.77 bits per heavy atom. The fourth-order valence-corrected chi connectivity index (χ4v) is 4.81. The van der Waals surface area contributed by atoms with Gasteiger partial charge >= 0.3 is 0 Å². The van der Waals surface area contributed by atoms with Crippen molar-refractivity contribution in [3.63, 3.8) is 0 Å². The van der Waals surface area contributed by atoms with Gasteiger partial charge in [0.15, 0.2) is 0 Å². The number of methoxy groups -OCH3 is 3. The highest BCUT2D eigenvalue weighted by molar-refractivity contribution is 5.68. The summed E-state index contributed by atoms with van der Waals surface area (Å²) in [5, 5.41) is 7.15. The summed E-state index contributed by atoms with van der Waals surface area (Å²) in [5.41, 5.74) is 7.05. The molecule has 0 fully saturated rings. The molecule has 39 heavy (non-hydrogen) atoms. The molecule has 3 aromatic carbocycles. The smallest absolute Gasteiger partial charge is 0.150 e. The van der Waals surface area contributed by atoms with Gasteiger partial charge in [0.05, 0.1) is 27.0 Å². The Bertz CT molecular complexity index is 1310. The summed E-state index contributed by atoms with van der Waals surface area (Å²) in [6.07, 6.45) is 0.920. The summed E-state index contributed by atoms with van der Waals surface area (Å²) in [7, 11) is 5.07. The maximum absolute atomic E-state index is 5.39. The van der Waals surface area contributed by atoms with Crippen LogP contribution in [0.15, 0.2) is 78.9 Å². The molecule has 0 aliphatic carbocycles. The van der Waals surface area contributed by atoms with Crippen molar-refractivity contribution < 1.29 is 14.2 Å². The second kappa shape index (κ2) is 12.5. The first-order valence-corrected chi connectivity index (χ1v) is 13.3. The molecule has 2 N–H and O–H groups in total. The molecule has 7 heteroatoms. The van der Waals surface area contributed by atoms with E-state index in [-0.39, 0.29) is 0 Å². The van der Waals surface area contributed by atoms with Crippen molar-refractivity contribution >= 4 is 11.5 Å². The molecule has 1 aromatic heterocycles. The maximum atomic E-state index is 5.39. The van der Waals surface area contributed by atoms with Crippen LogP contribution in [0, 0.1) is 0 Å². The molecule has 0 saturated heterocycles. The van der Waals surface area contributed by atoms with Gasteiger partial charge in [-0.3, -0.25) is 0 Å². The predicted molar refractivity (Wildman–Crippen MR) is 156 cm³/mol. The molecular formula is C32H36N4O3. The molecule has 1 aliphatic heterocycles. The van der Waals surface area contributed by atoms with Crippen molar-refractivity contribution in [3.8, 4) is 17.2 Å². The molecule has 0 radical (unpaired) electrons. The quantitative estimate of drug-likeness (QED) is 0.266. The molecule has 5 rings (SSSR count). The highest BCUT2D eigenvalue weighted by atomic mass is 16.5.